The summed E-state index contributed by atoms with van der Waals surface area (Å²) in [5.74, 6) is 0.668. The third-order valence-electron chi connectivity index (χ3n) is 7.36. The summed E-state index contributed by atoms with van der Waals surface area (Å²) in [6.45, 7) is 0. The van der Waals surface area contributed by atoms with Crippen LogP contribution in [0.3, 0.4) is 0 Å². The third-order valence-corrected chi connectivity index (χ3v) is 7.36. The molecule has 34 heavy (non-hydrogen) atoms. The minimum Gasteiger partial charge on any atom is -0.487 e. The molecule has 0 spiro atoms. The molecule has 2 nitrogen and oxygen atoms in total. The summed E-state index contributed by atoms with van der Waals surface area (Å²) in [6.07, 6.45) is -0.269. The number of carbonyl (C=O) groups is 1. The van der Waals surface area contributed by atoms with Crippen molar-refractivity contribution in [3.63, 3.8) is 0 Å². The molecule has 0 saturated heterocycles. The van der Waals surface area contributed by atoms with Crippen LogP contribution in [0, 0.1) is 0 Å². The van der Waals surface area contributed by atoms with Gasteiger partial charge in [-0.3, -0.25) is 4.79 Å². The zero-order chi connectivity index (χ0) is 22.6. The third kappa shape index (κ3) is 2.72. The van der Waals surface area contributed by atoms with Gasteiger partial charge in [-0.05, 0) is 33.7 Å². The Balaban J connectivity index is 1.50. The molecule has 0 bridgehead atoms. The Morgan fingerprint density at radius 3 is 2.00 bits per heavy atom. The van der Waals surface area contributed by atoms with E-state index in [-0.39, 0.29) is 23.7 Å². The number of ether oxygens (including phenoxy) is 1. The molecule has 2 heteroatoms. The molecule has 3 atom stereocenters. The molecule has 2 aliphatic rings. The van der Waals surface area contributed by atoms with E-state index in [9.17, 15) is 4.79 Å². The van der Waals surface area contributed by atoms with Crippen molar-refractivity contribution in [3.8, 4) is 16.9 Å². The number of rotatable bonds is 2. The molecule has 0 fully saturated rings. The van der Waals surface area contributed by atoms with E-state index in [2.05, 4.69) is 78.9 Å². The summed E-state index contributed by atoms with van der Waals surface area (Å²) in [6, 6.07) is 39.5. The van der Waals surface area contributed by atoms with E-state index < -0.39 is 0 Å². The van der Waals surface area contributed by atoms with Crippen LogP contribution < -0.4 is 4.74 Å². The number of ketones is 1. The van der Waals surface area contributed by atoms with Crippen molar-refractivity contribution in [2.45, 2.75) is 17.9 Å². The predicted octanol–water partition coefficient (Wildman–Crippen LogP) is 7.38. The van der Waals surface area contributed by atoms with Gasteiger partial charge < -0.3 is 4.74 Å². The maximum Gasteiger partial charge on any atom is 0.174 e. The largest absolute Gasteiger partial charge is 0.487 e. The fourth-order valence-electron chi connectivity index (χ4n) is 5.89. The predicted molar refractivity (Wildman–Crippen MR) is 136 cm³/mol. The van der Waals surface area contributed by atoms with E-state index in [1.54, 1.807) is 0 Å². The second-order valence-electron chi connectivity index (χ2n) is 9.15. The molecule has 1 aliphatic heterocycles. The first kappa shape index (κ1) is 19.3. The van der Waals surface area contributed by atoms with Gasteiger partial charge in [0.15, 0.2) is 5.78 Å². The Morgan fingerprint density at radius 2 is 1.21 bits per heavy atom. The summed E-state index contributed by atoms with van der Waals surface area (Å²) in [5.41, 5.74) is 6.33. The second kappa shape index (κ2) is 7.43. The van der Waals surface area contributed by atoms with Gasteiger partial charge in [-0.2, -0.15) is 0 Å². The number of benzene rings is 5. The number of hydrogen-bond acceptors (Lipinski definition) is 2. The number of carbonyl (C=O) groups excluding carboxylic acids is 1. The molecule has 162 valence electrons. The Labute approximate surface area is 198 Å². The highest BCUT2D eigenvalue weighted by Crippen LogP contribution is 2.54. The van der Waals surface area contributed by atoms with E-state index in [1.807, 2.05) is 36.4 Å². The highest BCUT2D eigenvalue weighted by molar-refractivity contribution is 6.09. The number of hydrogen-bond donors (Lipinski definition) is 0. The molecular formula is C32H22O2. The van der Waals surface area contributed by atoms with Crippen molar-refractivity contribution >= 4 is 16.6 Å². The van der Waals surface area contributed by atoms with E-state index in [1.165, 1.54) is 5.56 Å². The fourth-order valence-corrected chi connectivity index (χ4v) is 5.89. The highest BCUT2D eigenvalue weighted by Gasteiger charge is 2.50. The van der Waals surface area contributed by atoms with Crippen LogP contribution in [0.25, 0.3) is 21.9 Å². The van der Waals surface area contributed by atoms with Crippen molar-refractivity contribution in [2.75, 3.05) is 0 Å². The first-order valence-electron chi connectivity index (χ1n) is 11.8. The summed E-state index contributed by atoms with van der Waals surface area (Å²) >= 11 is 0. The van der Waals surface area contributed by atoms with Gasteiger partial charge in [-0.15, -0.1) is 0 Å². The Bertz CT molecular complexity index is 1550. The standard InChI is InChI=1S/C32H22O2/c33-30-24-17-9-8-16-23(24)28(21-13-5-2-6-14-21)32-29(30)27-19-26(20-11-3-1-4-12-20)22-15-7-10-18-25(22)31(27)34-32/h1-19,28-29,32H. The van der Waals surface area contributed by atoms with Crippen molar-refractivity contribution < 1.29 is 9.53 Å². The zero-order valence-corrected chi connectivity index (χ0v) is 18.5. The van der Waals surface area contributed by atoms with Crippen molar-refractivity contribution in [1.29, 1.82) is 0 Å². The van der Waals surface area contributed by atoms with Gasteiger partial charge in [0.05, 0.1) is 5.92 Å². The van der Waals surface area contributed by atoms with Gasteiger partial charge in [0, 0.05) is 22.4 Å². The molecule has 0 saturated carbocycles. The van der Waals surface area contributed by atoms with Crippen LogP contribution in [-0.2, 0) is 0 Å². The van der Waals surface area contributed by atoms with E-state index in [4.69, 9.17) is 4.74 Å². The fraction of sp³-hybridized carbons (Fsp3) is 0.0938. The van der Waals surface area contributed by atoms with Crippen LogP contribution in [-0.4, -0.2) is 11.9 Å². The van der Waals surface area contributed by atoms with Crippen molar-refractivity contribution in [3.05, 3.63) is 138 Å². The Kier molecular flexibility index (Phi) is 4.22. The number of fused-ring (bicyclic) bond motifs is 6. The summed E-state index contributed by atoms with van der Waals surface area (Å²) in [7, 11) is 0. The zero-order valence-electron chi connectivity index (χ0n) is 18.5. The molecule has 5 aromatic rings. The van der Waals surface area contributed by atoms with Crippen molar-refractivity contribution in [1.82, 2.24) is 0 Å². The molecular weight excluding hydrogens is 416 g/mol. The van der Waals surface area contributed by atoms with Gasteiger partial charge in [0.1, 0.15) is 11.9 Å². The maximum atomic E-state index is 13.9. The first-order valence-corrected chi connectivity index (χ1v) is 11.8. The van der Waals surface area contributed by atoms with Gasteiger partial charge in [-0.25, -0.2) is 0 Å². The van der Waals surface area contributed by atoms with Crippen molar-refractivity contribution in [2.24, 2.45) is 0 Å². The normalized spacial score (nSPS) is 20.4. The first-order chi connectivity index (χ1) is 16.8. The molecule has 0 amide bonds. The average Bonchev–Trinajstić information content (AvgIpc) is 3.29. The molecule has 0 aromatic heterocycles. The molecule has 0 N–H and O–H groups in total. The quantitative estimate of drug-likeness (QED) is 0.287. The molecule has 7 rings (SSSR count). The summed E-state index contributed by atoms with van der Waals surface area (Å²) < 4.78 is 6.79. The topological polar surface area (TPSA) is 26.3 Å². The lowest BCUT2D eigenvalue weighted by Gasteiger charge is -2.34. The minimum absolute atomic E-state index is 0.00793. The lowest BCUT2D eigenvalue weighted by molar-refractivity contribution is 0.0854. The number of Topliss-reactive ketones (excluding diaryl/α,β-unsaturated/α-hetero) is 1. The van der Waals surface area contributed by atoms with E-state index in [0.29, 0.717) is 0 Å². The lowest BCUT2D eigenvalue weighted by Crippen LogP contribution is -2.38. The van der Waals surface area contributed by atoms with Crippen LogP contribution in [0.1, 0.15) is 38.9 Å². The Morgan fingerprint density at radius 1 is 0.559 bits per heavy atom. The van der Waals surface area contributed by atoms with E-state index >= 15 is 0 Å². The highest BCUT2D eigenvalue weighted by atomic mass is 16.5. The lowest BCUT2D eigenvalue weighted by atomic mass is 9.69. The molecule has 5 aromatic carbocycles. The van der Waals surface area contributed by atoms with Gasteiger partial charge in [-0.1, -0.05) is 109 Å². The molecule has 0 radical (unpaired) electrons. The van der Waals surface area contributed by atoms with Gasteiger partial charge in [0.2, 0.25) is 0 Å². The van der Waals surface area contributed by atoms with Gasteiger partial charge >= 0.3 is 0 Å². The monoisotopic (exact) mass is 438 g/mol. The van der Waals surface area contributed by atoms with Crippen LogP contribution >= 0.6 is 0 Å². The van der Waals surface area contributed by atoms with Crippen LogP contribution in [0.4, 0.5) is 0 Å². The minimum atomic E-state index is -0.331. The van der Waals surface area contributed by atoms with E-state index in [0.717, 1.165) is 44.3 Å². The molecule has 3 unspecified atom stereocenters. The second-order valence-corrected chi connectivity index (χ2v) is 9.15. The molecule has 1 aliphatic carbocycles. The smallest absolute Gasteiger partial charge is 0.174 e. The van der Waals surface area contributed by atoms with Gasteiger partial charge in [0.25, 0.3) is 0 Å². The van der Waals surface area contributed by atoms with Crippen LogP contribution in [0.5, 0.6) is 5.75 Å². The Hall–Kier alpha value is -4.17. The van der Waals surface area contributed by atoms with Crippen LogP contribution in [0.15, 0.2) is 115 Å². The SMILES string of the molecule is O=C1c2ccccc2C(c2ccccc2)C2Oc3c(cc(-c4ccccc4)c4ccccc34)C12. The average molecular weight is 439 g/mol. The molecule has 1 heterocycles. The summed E-state index contributed by atoms with van der Waals surface area (Å²) in [5, 5.41) is 2.21. The summed E-state index contributed by atoms with van der Waals surface area (Å²) in [4.78, 5) is 13.9. The maximum absolute atomic E-state index is 13.9. The van der Waals surface area contributed by atoms with Crippen LogP contribution in [0.2, 0.25) is 0 Å².